The summed E-state index contributed by atoms with van der Waals surface area (Å²) >= 11 is 0. The van der Waals surface area contributed by atoms with Gasteiger partial charge in [0.05, 0.1) is 6.54 Å². The van der Waals surface area contributed by atoms with Crippen molar-refractivity contribution in [1.29, 1.82) is 0 Å². The van der Waals surface area contributed by atoms with Crippen LogP contribution in [-0.4, -0.2) is 17.8 Å². The summed E-state index contributed by atoms with van der Waals surface area (Å²) in [7, 11) is 0. The second-order valence-electron chi connectivity index (χ2n) is 4.97. The maximum absolute atomic E-state index is 13.5. The summed E-state index contributed by atoms with van der Waals surface area (Å²) < 4.78 is 19.3. The molecule has 0 saturated carbocycles. The van der Waals surface area contributed by atoms with Crippen LogP contribution in [0.4, 0.5) is 4.39 Å². The van der Waals surface area contributed by atoms with Crippen LogP contribution in [-0.2, 0) is 6.54 Å². The first kappa shape index (κ1) is 14.8. The van der Waals surface area contributed by atoms with Gasteiger partial charge in [-0.1, -0.05) is 12.1 Å². The highest BCUT2D eigenvalue weighted by Gasteiger charge is 2.10. The third-order valence-corrected chi connectivity index (χ3v) is 3.38. The van der Waals surface area contributed by atoms with Crippen molar-refractivity contribution in [2.24, 2.45) is 0 Å². The Bertz CT molecular complexity index is 565. The molecule has 2 N–H and O–H groups in total. The number of hydrogen-bond donors (Lipinski definition) is 2. The Morgan fingerprint density at radius 3 is 2.85 bits per heavy atom. The maximum atomic E-state index is 13.5. The van der Waals surface area contributed by atoms with E-state index in [9.17, 15) is 4.39 Å². The molecule has 0 aliphatic heterocycles. The minimum atomic E-state index is -0.227. The van der Waals surface area contributed by atoms with E-state index in [1.165, 1.54) is 6.07 Å². The number of aliphatic hydroxyl groups is 1. The van der Waals surface area contributed by atoms with Gasteiger partial charge >= 0.3 is 0 Å². The molecule has 20 heavy (non-hydrogen) atoms. The Balaban J connectivity index is 2.07. The number of hydrogen-bond acceptors (Lipinski definition) is 3. The van der Waals surface area contributed by atoms with Gasteiger partial charge in [-0.3, -0.25) is 0 Å². The molecule has 0 fully saturated rings. The van der Waals surface area contributed by atoms with Gasteiger partial charge < -0.3 is 14.8 Å². The van der Waals surface area contributed by atoms with E-state index >= 15 is 0 Å². The molecule has 1 aromatic carbocycles. The number of rotatable bonds is 6. The zero-order chi connectivity index (χ0) is 14.5. The SMILES string of the molecule is Cc1c(F)cccc1-c1ccc(CN[C@@H](C)CCO)o1. The fraction of sp³-hybridized carbons (Fsp3) is 0.375. The van der Waals surface area contributed by atoms with Crippen LogP contribution in [0.15, 0.2) is 34.7 Å². The van der Waals surface area contributed by atoms with Crippen LogP contribution in [0.1, 0.15) is 24.7 Å². The molecule has 2 aromatic rings. The molecule has 0 radical (unpaired) electrons. The van der Waals surface area contributed by atoms with Crippen LogP contribution in [0.2, 0.25) is 0 Å². The van der Waals surface area contributed by atoms with Gasteiger partial charge in [-0.25, -0.2) is 4.39 Å². The minimum Gasteiger partial charge on any atom is -0.460 e. The average molecular weight is 277 g/mol. The molecule has 3 nitrogen and oxygen atoms in total. The Morgan fingerprint density at radius 1 is 1.30 bits per heavy atom. The quantitative estimate of drug-likeness (QED) is 0.852. The summed E-state index contributed by atoms with van der Waals surface area (Å²) in [4.78, 5) is 0. The Labute approximate surface area is 118 Å². The first-order chi connectivity index (χ1) is 9.61. The summed E-state index contributed by atoms with van der Waals surface area (Å²) in [5, 5.41) is 12.1. The van der Waals surface area contributed by atoms with E-state index in [-0.39, 0.29) is 18.5 Å². The average Bonchev–Trinajstić information content (AvgIpc) is 2.89. The molecule has 0 aliphatic rings. The minimum absolute atomic E-state index is 0.167. The molecule has 108 valence electrons. The number of benzene rings is 1. The molecule has 0 bridgehead atoms. The second kappa shape index (κ2) is 6.68. The van der Waals surface area contributed by atoms with Gasteiger partial charge in [0.2, 0.25) is 0 Å². The smallest absolute Gasteiger partial charge is 0.134 e. The fourth-order valence-electron chi connectivity index (χ4n) is 2.06. The Hall–Kier alpha value is -1.65. The first-order valence-corrected chi connectivity index (χ1v) is 6.80. The van der Waals surface area contributed by atoms with E-state index in [0.29, 0.717) is 24.3 Å². The molecule has 1 heterocycles. The molecule has 0 amide bonds. The summed E-state index contributed by atoms with van der Waals surface area (Å²) in [5.41, 5.74) is 1.37. The van der Waals surface area contributed by atoms with E-state index in [4.69, 9.17) is 9.52 Å². The highest BCUT2D eigenvalue weighted by atomic mass is 19.1. The number of furan rings is 1. The summed E-state index contributed by atoms with van der Waals surface area (Å²) in [6.07, 6.45) is 0.705. The van der Waals surface area contributed by atoms with Crippen molar-refractivity contribution < 1.29 is 13.9 Å². The zero-order valence-corrected chi connectivity index (χ0v) is 11.8. The van der Waals surface area contributed by atoms with Crippen LogP contribution in [0.5, 0.6) is 0 Å². The molecule has 0 spiro atoms. The molecule has 1 atom stereocenters. The summed E-state index contributed by atoms with van der Waals surface area (Å²) in [6, 6.07) is 8.95. The van der Waals surface area contributed by atoms with Gasteiger partial charge in [-0.05, 0) is 44.0 Å². The summed E-state index contributed by atoms with van der Waals surface area (Å²) in [6.45, 7) is 4.51. The van der Waals surface area contributed by atoms with Crippen LogP contribution >= 0.6 is 0 Å². The molecule has 1 aromatic heterocycles. The lowest BCUT2D eigenvalue weighted by Crippen LogP contribution is -2.26. The van der Waals surface area contributed by atoms with Crippen molar-refractivity contribution in [2.45, 2.75) is 32.9 Å². The monoisotopic (exact) mass is 277 g/mol. The number of aliphatic hydroxyl groups excluding tert-OH is 1. The third kappa shape index (κ3) is 3.46. The van der Waals surface area contributed by atoms with E-state index in [1.807, 2.05) is 25.1 Å². The van der Waals surface area contributed by atoms with Crippen molar-refractivity contribution in [3.05, 3.63) is 47.5 Å². The topological polar surface area (TPSA) is 45.4 Å². The second-order valence-corrected chi connectivity index (χ2v) is 4.97. The largest absolute Gasteiger partial charge is 0.460 e. The van der Waals surface area contributed by atoms with Crippen molar-refractivity contribution in [1.82, 2.24) is 5.32 Å². The molecule has 2 rings (SSSR count). The Morgan fingerprint density at radius 2 is 2.10 bits per heavy atom. The lowest BCUT2D eigenvalue weighted by atomic mass is 10.1. The number of halogens is 1. The van der Waals surface area contributed by atoms with Gasteiger partial charge in [-0.2, -0.15) is 0 Å². The highest BCUT2D eigenvalue weighted by molar-refractivity contribution is 5.62. The van der Waals surface area contributed by atoms with Crippen LogP contribution in [0.3, 0.4) is 0 Å². The summed E-state index contributed by atoms with van der Waals surface area (Å²) in [5.74, 6) is 1.25. The van der Waals surface area contributed by atoms with Gasteiger partial charge in [0, 0.05) is 18.2 Å². The van der Waals surface area contributed by atoms with Crippen LogP contribution < -0.4 is 5.32 Å². The molecular formula is C16H20FNO2. The van der Waals surface area contributed by atoms with Gasteiger partial charge in [0.25, 0.3) is 0 Å². The predicted octanol–water partition coefficient (Wildman–Crippen LogP) is 3.25. The van der Waals surface area contributed by atoms with Crippen LogP contribution in [0, 0.1) is 12.7 Å². The molecule has 0 unspecified atom stereocenters. The van der Waals surface area contributed by atoms with Crippen molar-refractivity contribution in [2.75, 3.05) is 6.61 Å². The highest BCUT2D eigenvalue weighted by Crippen LogP contribution is 2.26. The van der Waals surface area contributed by atoms with E-state index in [0.717, 1.165) is 11.3 Å². The molecule has 0 aliphatic carbocycles. The third-order valence-electron chi connectivity index (χ3n) is 3.38. The van der Waals surface area contributed by atoms with E-state index in [1.54, 1.807) is 13.0 Å². The molecular weight excluding hydrogens is 257 g/mol. The van der Waals surface area contributed by atoms with E-state index < -0.39 is 0 Å². The van der Waals surface area contributed by atoms with Crippen molar-refractivity contribution in [3.8, 4) is 11.3 Å². The maximum Gasteiger partial charge on any atom is 0.134 e. The lowest BCUT2D eigenvalue weighted by molar-refractivity contribution is 0.267. The fourth-order valence-corrected chi connectivity index (χ4v) is 2.06. The van der Waals surface area contributed by atoms with Gasteiger partial charge in [0.15, 0.2) is 0 Å². The first-order valence-electron chi connectivity index (χ1n) is 6.80. The van der Waals surface area contributed by atoms with Crippen molar-refractivity contribution in [3.63, 3.8) is 0 Å². The van der Waals surface area contributed by atoms with E-state index in [2.05, 4.69) is 5.32 Å². The van der Waals surface area contributed by atoms with Crippen LogP contribution in [0.25, 0.3) is 11.3 Å². The lowest BCUT2D eigenvalue weighted by Gasteiger charge is -2.10. The van der Waals surface area contributed by atoms with Gasteiger partial charge in [0.1, 0.15) is 17.3 Å². The Kier molecular flexibility index (Phi) is 4.93. The molecule has 0 saturated heterocycles. The zero-order valence-electron chi connectivity index (χ0n) is 11.8. The normalized spacial score (nSPS) is 12.6. The predicted molar refractivity (Wildman–Crippen MR) is 76.8 cm³/mol. The standard InChI is InChI=1S/C16H20FNO2/c1-11(8-9-19)18-10-13-6-7-16(20-13)14-4-3-5-15(17)12(14)2/h3-7,11,18-19H,8-10H2,1-2H3/t11-/m0/s1. The number of nitrogens with one attached hydrogen (secondary N) is 1. The molecule has 4 heteroatoms. The van der Waals surface area contributed by atoms with Crippen molar-refractivity contribution >= 4 is 0 Å². The van der Waals surface area contributed by atoms with Gasteiger partial charge in [-0.15, -0.1) is 0 Å².